The van der Waals surface area contributed by atoms with Gasteiger partial charge in [0.2, 0.25) is 5.91 Å². The van der Waals surface area contributed by atoms with Gasteiger partial charge in [0.1, 0.15) is 16.7 Å². The Hall–Kier alpha value is -2.09. The van der Waals surface area contributed by atoms with Gasteiger partial charge in [-0.25, -0.2) is 0 Å². The first kappa shape index (κ1) is 13.3. The molecule has 1 aromatic heterocycles. The molecule has 0 aliphatic carbocycles. The summed E-state index contributed by atoms with van der Waals surface area (Å²) in [5.41, 5.74) is 0.564. The molecule has 0 bridgehead atoms. The Balaban J connectivity index is 2.04. The van der Waals surface area contributed by atoms with Crippen molar-refractivity contribution >= 4 is 34.5 Å². The van der Waals surface area contributed by atoms with Crippen molar-refractivity contribution in [3.05, 3.63) is 24.2 Å². The molecule has 19 heavy (non-hydrogen) atoms. The average molecular weight is 281 g/mol. The molecular weight excluding hydrogens is 270 g/mol. The highest BCUT2D eigenvalue weighted by molar-refractivity contribution is 8.15. The maximum absolute atomic E-state index is 11.5. The molecule has 2 heterocycles. The van der Waals surface area contributed by atoms with Crippen LogP contribution < -0.4 is 5.32 Å². The zero-order valence-corrected chi connectivity index (χ0v) is 10.8. The third-order valence-electron chi connectivity index (χ3n) is 2.31. The number of aliphatic carboxylic acids is 1. The second-order valence-electron chi connectivity index (χ2n) is 3.76. The number of carboxylic acids is 1. The number of hydrogen-bond acceptors (Lipinski definition) is 6. The smallest absolute Gasteiger partial charge is 0.305 e. The van der Waals surface area contributed by atoms with E-state index in [1.165, 1.54) is 6.26 Å². The van der Waals surface area contributed by atoms with Gasteiger partial charge in [0.05, 0.1) is 12.7 Å². The summed E-state index contributed by atoms with van der Waals surface area (Å²) in [5, 5.41) is 18.6. The normalized spacial score (nSPS) is 21.7. The van der Waals surface area contributed by atoms with E-state index < -0.39 is 11.2 Å². The van der Waals surface area contributed by atoms with E-state index in [0.29, 0.717) is 16.6 Å². The molecule has 1 aromatic rings. The molecule has 0 radical (unpaired) electrons. The van der Waals surface area contributed by atoms with Gasteiger partial charge in [0.15, 0.2) is 5.17 Å². The molecule has 1 atom stereocenters. The Morgan fingerprint density at radius 3 is 3.05 bits per heavy atom. The summed E-state index contributed by atoms with van der Waals surface area (Å²) in [7, 11) is 0. The zero-order valence-electron chi connectivity index (χ0n) is 9.99. The number of carbonyl (C=O) groups excluding carboxylic acids is 1. The predicted molar refractivity (Wildman–Crippen MR) is 70.1 cm³/mol. The number of nitrogens with one attached hydrogen (secondary N) is 1. The lowest BCUT2D eigenvalue weighted by molar-refractivity contribution is -0.138. The van der Waals surface area contributed by atoms with Gasteiger partial charge in [-0.2, -0.15) is 0 Å². The van der Waals surface area contributed by atoms with Crippen LogP contribution in [0.25, 0.3) is 0 Å². The van der Waals surface area contributed by atoms with Crippen LogP contribution in [0.2, 0.25) is 0 Å². The Morgan fingerprint density at radius 1 is 1.63 bits per heavy atom. The number of rotatable bonds is 4. The first-order valence-corrected chi connectivity index (χ1v) is 6.29. The van der Waals surface area contributed by atoms with Gasteiger partial charge >= 0.3 is 5.97 Å². The van der Waals surface area contributed by atoms with E-state index in [1.54, 1.807) is 19.1 Å². The highest BCUT2D eigenvalue weighted by atomic mass is 32.2. The predicted octanol–water partition coefficient (Wildman–Crippen LogP) is 1.07. The maximum atomic E-state index is 11.5. The molecule has 0 saturated carbocycles. The van der Waals surface area contributed by atoms with E-state index in [9.17, 15) is 9.59 Å². The Kier molecular flexibility index (Phi) is 4.00. The summed E-state index contributed by atoms with van der Waals surface area (Å²) in [5.74, 6) is -0.804. The molecule has 1 amide bonds. The fraction of sp³-hybridized carbons (Fsp3) is 0.273. The van der Waals surface area contributed by atoms with Crippen molar-refractivity contribution in [3.63, 3.8) is 0 Å². The average Bonchev–Trinajstić information content (AvgIpc) is 2.96. The van der Waals surface area contributed by atoms with E-state index in [1.807, 2.05) is 0 Å². The molecule has 1 unspecified atom stereocenters. The van der Waals surface area contributed by atoms with Gasteiger partial charge in [-0.3, -0.25) is 9.59 Å². The van der Waals surface area contributed by atoms with Gasteiger partial charge in [-0.05, 0) is 19.1 Å². The van der Waals surface area contributed by atoms with E-state index in [4.69, 9.17) is 9.52 Å². The quantitative estimate of drug-likeness (QED) is 0.634. The van der Waals surface area contributed by atoms with Gasteiger partial charge < -0.3 is 14.8 Å². The molecule has 1 saturated heterocycles. The lowest BCUT2D eigenvalue weighted by Crippen LogP contribution is -2.26. The third-order valence-corrected chi connectivity index (χ3v) is 3.38. The first-order valence-electron chi connectivity index (χ1n) is 5.41. The largest absolute Gasteiger partial charge is 0.481 e. The monoisotopic (exact) mass is 281 g/mol. The highest BCUT2D eigenvalue weighted by Gasteiger charge is 2.32. The van der Waals surface area contributed by atoms with Crippen molar-refractivity contribution < 1.29 is 19.1 Å². The summed E-state index contributed by atoms with van der Waals surface area (Å²) in [6.07, 6.45) is 1.28. The minimum absolute atomic E-state index is 0.240. The number of furan rings is 1. The molecule has 2 rings (SSSR count). The number of hydrogen-bond donors (Lipinski definition) is 2. The number of amidine groups is 1. The summed E-state index contributed by atoms with van der Waals surface area (Å²) in [6.45, 7) is 1.72. The van der Waals surface area contributed by atoms with E-state index >= 15 is 0 Å². The van der Waals surface area contributed by atoms with Crippen molar-refractivity contribution in [2.45, 2.75) is 18.6 Å². The van der Waals surface area contributed by atoms with E-state index in [-0.39, 0.29) is 12.3 Å². The number of thioether (sulfide) groups is 1. The SMILES string of the molecule is C/C(=N\N=C1NC(=O)C(CC(=O)O)S1)c1ccco1. The summed E-state index contributed by atoms with van der Waals surface area (Å²) in [6, 6.07) is 3.48. The number of carboxylic acid groups (broad SMARTS) is 1. The number of nitrogens with zero attached hydrogens (tertiary/aromatic N) is 2. The minimum atomic E-state index is -1.02. The molecule has 7 nitrogen and oxygen atoms in total. The molecule has 1 fully saturated rings. The van der Waals surface area contributed by atoms with Crippen LogP contribution >= 0.6 is 11.8 Å². The van der Waals surface area contributed by atoms with Crippen LogP contribution in [0, 0.1) is 0 Å². The van der Waals surface area contributed by atoms with Crippen molar-refractivity contribution in [3.8, 4) is 0 Å². The van der Waals surface area contributed by atoms with E-state index in [0.717, 1.165) is 11.8 Å². The number of amides is 1. The number of carbonyl (C=O) groups is 2. The second kappa shape index (κ2) is 5.70. The van der Waals surface area contributed by atoms with E-state index in [2.05, 4.69) is 15.5 Å². The van der Waals surface area contributed by atoms with Gasteiger partial charge in [0.25, 0.3) is 0 Å². The fourth-order valence-corrected chi connectivity index (χ4v) is 2.31. The molecular formula is C11H11N3O4S. The van der Waals surface area contributed by atoms with Gasteiger partial charge in [-0.15, -0.1) is 10.2 Å². The summed E-state index contributed by atoms with van der Waals surface area (Å²) < 4.78 is 5.13. The lowest BCUT2D eigenvalue weighted by atomic mass is 10.3. The molecule has 1 aliphatic heterocycles. The highest BCUT2D eigenvalue weighted by Crippen LogP contribution is 2.22. The van der Waals surface area contributed by atoms with Crippen LogP contribution in [0.3, 0.4) is 0 Å². The van der Waals surface area contributed by atoms with Crippen LogP contribution in [0.15, 0.2) is 33.0 Å². The lowest BCUT2D eigenvalue weighted by Gasteiger charge is -1.97. The molecule has 100 valence electrons. The fourth-order valence-electron chi connectivity index (χ4n) is 1.40. The standard InChI is InChI=1S/C11H11N3O4S/c1-6(7-3-2-4-18-7)13-14-11-12-10(17)8(19-11)5-9(15)16/h2-4,8H,5H2,1H3,(H,15,16)(H,12,14,17)/b13-6+. The van der Waals surface area contributed by atoms with Crippen LogP contribution in [0.5, 0.6) is 0 Å². The van der Waals surface area contributed by atoms with Crippen LogP contribution in [0.4, 0.5) is 0 Å². The van der Waals surface area contributed by atoms with Crippen LogP contribution in [0.1, 0.15) is 19.1 Å². The van der Waals surface area contributed by atoms with Crippen molar-refractivity contribution in [2.75, 3.05) is 0 Å². The van der Waals surface area contributed by atoms with Crippen molar-refractivity contribution in [2.24, 2.45) is 10.2 Å². The summed E-state index contributed by atoms with van der Waals surface area (Å²) >= 11 is 1.06. The van der Waals surface area contributed by atoms with Crippen molar-refractivity contribution in [1.29, 1.82) is 0 Å². The van der Waals surface area contributed by atoms with Gasteiger partial charge in [0, 0.05) is 0 Å². The van der Waals surface area contributed by atoms with Gasteiger partial charge in [-0.1, -0.05) is 11.8 Å². The maximum Gasteiger partial charge on any atom is 0.305 e. The molecule has 8 heteroatoms. The molecule has 0 aromatic carbocycles. The minimum Gasteiger partial charge on any atom is -0.481 e. The van der Waals surface area contributed by atoms with Crippen LogP contribution in [-0.4, -0.2) is 33.1 Å². The third kappa shape index (κ3) is 3.44. The van der Waals surface area contributed by atoms with Crippen LogP contribution in [-0.2, 0) is 9.59 Å². The Morgan fingerprint density at radius 2 is 2.42 bits per heavy atom. The summed E-state index contributed by atoms with van der Waals surface area (Å²) in [4.78, 5) is 22.0. The molecule has 0 spiro atoms. The Bertz CT molecular complexity index is 550. The molecule has 2 N–H and O–H groups in total. The molecule has 1 aliphatic rings. The second-order valence-corrected chi connectivity index (χ2v) is 4.95. The zero-order chi connectivity index (χ0) is 13.8. The topological polar surface area (TPSA) is 104 Å². The first-order chi connectivity index (χ1) is 9.06. The Labute approximate surface area is 112 Å². The van der Waals surface area contributed by atoms with Crippen molar-refractivity contribution in [1.82, 2.24) is 5.32 Å².